The third kappa shape index (κ3) is 6.50. The van der Waals surface area contributed by atoms with Crippen molar-refractivity contribution in [1.82, 2.24) is 0 Å². The lowest BCUT2D eigenvalue weighted by molar-refractivity contribution is 0.378. The van der Waals surface area contributed by atoms with Gasteiger partial charge >= 0.3 is 17.8 Å². The summed E-state index contributed by atoms with van der Waals surface area (Å²) in [6.45, 7) is 2.07. The van der Waals surface area contributed by atoms with E-state index in [4.69, 9.17) is 17.7 Å². The summed E-state index contributed by atoms with van der Waals surface area (Å²) in [5.41, 5.74) is 0.584. The average Bonchev–Trinajstić information content (AvgIpc) is 2.81. The Hall–Kier alpha value is -3.49. The summed E-state index contributed by atoms with van der Waals surface area (Å²) < 4.78 is 25.8. The fourth-order valence-corrected chi connectivity index (χ4v) is 9.33. The molecule has 162 valence electrons. The Labute approximate surface area is 192 Å². The second-order valence-electron chi connectivity index (χ2n) is 7.46. The van der Waals surface area contributed by atoms with E-state index in [0.717, 1.165) is 23.0 Å². The van der Waals surface area contributed by atoms with E-state index < -0.39 is 17.8 Å². The van der Waals surface area contributed by atoms with E-state index in [9.17, 15) is 0 Å². The van der Waals surface area contributed by atoms with Crippen LogP contribution in [0.1, 0.15) is 0 Å². The molecular formula is C26H26O4Si2. The lowest BCUT2D eigenvalue weighted by atomic mass is 10.3. The van der Waals surface area contributed by atoms with Crippen molar-refractivity contribution in [2.24, 2.45) is 0 Å². The van der Waals surface area contributed by atoms with Crippen LogP contribution in [0.25, 0.3) is 0 Å². The molecule has 4 nitrogen and oxygen atoms in total. The van der Waals surface area contributed by atoms with Crippen LogP contribution in [0, 0.1) is 0 Å². The fourth-order valence-electron chi connectivity index (χ4n) is 3.29. The van der Waals surface area contributed by atoms with Gasteiger partial charge in [-0.25, -0.2) is 0 Å². The molecule has 0 amide bonds. The molecule has 4 aromatic carbocycles. The van der Waals surface area contributed by atoms with Gasteiger partial charge in [0.25, 0.3) is 0 Å². The molecule has 0 saturated carbocycles. The third-order valence-electron chi connectivity index (χ3n) is 4.71. The van der Waals surface area contributed by atoms with Crippen LogP contribution < -0.4 is 17.7 Å². The normalized spacial score (nSPS) is 11.1. The lowest BCUT2D eigenvalue weighted by Gasteiger charge is -2.31. The Bertz CT molecular complexity index is 981. The molecule has 0 N–H and O–H groups in total. The van der Waals surface area contributed by atoms with Gasteiger partial charge < -0.3 is 17.7 Å². The van der Waals surface area contributed by atoms with Crippen molar-refractivity contribution in [3.8, 4) is 23.0 Å². The first-order valence-electron chi connectivity index (χ1n) is 10.6. The molecule has 0 radical (unpaired) electrons. The van der Waals surface area contributed by atoms with Crippen LogP contribution in [-0.4, -0.2) is 17.8 Å². The molecule has 0 fully saturated rings. The molecule has 0 aromatic heterocycles. The second kappa shape index (κ2) is 10.7. The molecule has 0 bridgehead atoms. The highest BCUT2D eigenvalue weighted by atomic mass is 28.4. The Morgan fingerprint density at radius 1 is 0.500 bits per heavy atom. The molecule has 0 saturated heterocycles. The molecule has 0 unspecified atom stereocenters. The van der Waals surface area contributed by atoms with Crippen molar-refractivity contribution in [3.63, 3.8) is 0 Å². The quantitative estimate of drug-likeness (QED) is 0.268. The Kier molecular flexibility index (Phi) is 7.27. The molecule has 32 heavy (non-hydrogen) atoms. The summed E-state index contributed by atoms with van der Waals surface area (Å²) in [7, 11) is -5.07. The Morgan fingerprint density at radius 2 is 0.812 bits per heavy atom. The van der Waals surface area contributed by atoms with E-state index in [0.29, 0.717) is 5.67 Å². The van der Waals surface area contributed by atoms with E-state index in [2.05, 4.69) is 6.55 Å². The van der Waals surface area contributed by atoms with Crippen LogP contribution >= 0.6 is 0 Å². The van der Waals surface area contributed by atoms with Gasteiger partial charge in [0, 0.05) is 6.55 Å². The predicted octanol–water partition coefficient (Wildman–Crippen LogP) is 6.13. The first kappa shape index (κ1) is 21.7. The molecule has 0 aliphatic heterocycles. The van der Waals surface area contributed by atoms with Gasteiger partial charge in [0.15, 0.2) is 0 Å². The standard InChI is InChI=1S/C26H26O4Si2/c1-32(29-25-18-10-4-11-19-25,30-26-20-12-5-13-21-26)22-31(27-23-14-6-2-7-15-23)28-24-16-8-3-9-17-24/h2-21,31H,22H2,1H3. The van der Waals surface area contributed by atoms with Gasteiger partial charge in [-0.15, -0.1) is 0 Å². The molecule has 0 aliphatic carbocycles. The molecule has 4 aromatic rings. The summed E-state index contributed by atoms with van der Waals surface area (Å²) in [5, 5.41) is 0. The molecular weight excluding hydrogens is 432 g/mol. The average molecular weight is 459 g/mol. The van der Waals surface area contributed by atoms with Crippen molar-refractivity contribution >= 4 is 17.8 Å². The van der Waals surface area contributed by atoms with Crippen LogP contribution in [0.5, 0.6) is 23.0 Å². The van der Waals surface area contributed by atoms with E-state index in [-0.39, 0.29) is 0 Å². The van der Waals surface area contributed by atoms with E-state index in [1.807, 2.05) is 121 Å². The van der Waals surface area contributed by atoms with Gasteiger partial charge in [-0.2, -0.15) is 0 Å². The summed E-state index contributed by atoms with van der Waals surface area (Å²) in [5.74, 6) is 3.14. The van der Waals surface area contributed by atoms with Crippen molar-refractivity contribution in [2.75, 3.05) is 0 Å². The largest absolute Gasteiger partial charge is 0.514 e. The van der Waals surface area contributed by atoms with Crippen LogP contribution in [0.4, 0.5) is 0 Å². The van der Waals surface area contributed by atoms with Gasteiger partial charge in [-0.05, 0) is 48.5 Å². The topological polar surface area (TPSA) is 36.9 Å². The highest BCUT2D eigenvalue weighted by Crippen LogP contribution is 2.26. The zero-order valence-corrected chi connectivity index (χ0v) is 20.1. The molecule has 6 heteroatoms. The van der Waals surface area contributed by atoms with Gasteiger partial charge in [-0.3, -0.25) is 0 Å². The van der Waals surface area contributed by atoms with Crippen molar-refractivity contribution < 1.29 is 17.7 Å². The molecule has 0 aliphatic rings. The zero-order chi connectivity index (χ0) is 22.1. The number of para-hydroxylation sites is 4. The monoisotopic (exact) mass is 458 g/mol. The van der Waals surface area contributed by atoms with Crippen molar-refractivity contribution in [1.29, 1.82) is 0 Å². The van der Waals surface area contributed by atoms with Crippen LogP contribution in [0.3, 0.4) is 0 Å². The Morgan fingerprint density at radius 3 is 1.16 bits per heavy atom. The number of rotatable bonds is 10. The second-order valence-corrected chi connectivity index (χ2v) is 13.1. The minimum absolute atomic E-state index is 0.584. The summed E-state index contributed by atoms with van der Waals surface area (Å²) in [6, 6.07) is 39.2. The van der Waals surface area contributed by atoms with Gasteiger partial charge in [-0.1, -0.05) is 72.8 Å². The predicted molar refractivity (Wildman–Crippen MR) is 132 cm³/mol. The summed E-state index contributed by atoms with van der Waals surface area (Å²) in [4.78, 5) is 0. The van der Waals surface area contributed by atoms with Gasteiger partial charge in [0.2, 0.25) is 0 Å². The first-order chi connectivity index (χ1) is 15.7. The van der Waals surface area contributed by atoms with E-state index >= 15 is 0 Å². The smallest absolute Gasteiger partial charge is 0.461 e. The molecule has 0 heterocycles. The number of hydrogen-bond donors (Lipinski definition) is 0. The van der Waals surface area contributed by atoms with Crippen molar-refractivity contribution in [3.05, 3.63) is 121 Å². The van der Waals surface area contributed by atoms with Crippen molar-refractivity contribution in [2.45, 2.75) is 12.2 Å². The van der Waals surface area contributed by atoms with Crippen LogP contribution in [-0.2, 0) is 0 Å². The SMILES string of the molecule is C[Si](C[SiH](Oc1ccccc1)Oc1ccccc1)(Oc1ccccc1)Oc1ccccc1. The minimum Gasteiger partial charge on any atom is -0.514 e. The minimum atomic E-state index is -2.79. The van der Waals surface area contributed by atoms with Gasteiger partial charge in [0.05, 0.1) is 5.67 Å². The maximum Gasteiger partial charge on any atom is 0.461 e. The van der Waals surface area contributed by atoms with Crippen LogP contribution in [0.15, 0.2) is 121 Å². The Balaban J connectivity index is 1.61. The highest BCUT2D eigenvalue weighted by Gasteiger charge is 2.43. The summed E-state index contributed by atoms with van der Waals surface area (Å²) in [6.07, 6.45) is 0. The highest BCUT2D eigenvalue weighted by molar-refractivity contribution is 6.78. The van der Waals surface area contributed by atoms with E-state index in [1.54, 1.807) is 0 Å². The fraction of sp³-hybridized carbons (Fsp3) is 0.0769. The third-order valence-corrected chi connectivity index (χ3v) is 11.4. The molecule has 4 rings (SSSR count). The van der Waals surface area contributed by atoms with Gasteiger partial charge in [0.1, 0.15) is 23.0 Å². The molecule has 0 atom stereocenters. The zero-order valence-electron chi connectivity index (χ0n) is 18.0. The maximum atomic E-state index is 6.50. The maximum absolute atomic E-state index is 6.50. The number of hydrogen-bond acceptors (Lipinski definition) is 4. The lowest BCUT2D eigenvalue weighted by Crippen LogP contribution is -2.52. The number of benzene rings is 4. The summed E-state index contributed by atoms with van der Waals surface area (Å²) >= 11 is 0. The van der Waals surface area contributed by atoms with E-state index in [1.165, 1.54) is 0 Å². The first-order valence-corrected chi connectivity index (χ1v) is 14.9. The van der Waals surface area contributed by atoms with Crippen LogP contribution in [0.2, 0.25) is 12.2 Å². The molecule has 0 spiro atoms.